The molecule has 1 aliphatic rings. The van der Waals surface area contributed by atoms with Crippen LogP contribution in [0.2, 0.25) is 0 Å². The number of halogens is 1. The summed E-state index contributed by atoms with van der Waals surface area (Å²) in [4.78, 5) is 13.3. The summed E-state index contributed by atoms with van der Waals surface area (Å²) in [5.74, 6) is 0.910. The number of rotatable bonds is 10. The molecule has 9 heteroatoms. The van der Waals surface area contributed by atoms with Crippen molar-refractivity contribution in [3.8, 4) is 0 Å². The standard InChI is InChI=1S/C21H33N5OS2.HI/c1-3-22-21(23-9-5-4-8-20-25-17(2)16-29-20)24-15-18(19-7-6-14-28-19)26-10-12-27-13-11-26;/h6-7,14,16,18H,3-5,8-13,15H2,1-2H3,(H2,22,23,24);1H. The van der Waals surface area contributed by atoms with Crippen molar-refractivity contribution in [1.29, 1.82) is 0 Å². The lowest BCUT2D eigenvalue weighted by Crippen LogP contribution is -2.41. The number of unbranched alkanes of at least 4 members (excludes halogenated alkanes) is 1. The number of hydrogen-bond acceptors (Lipinski definition) is 6. The van der Waals surface area contributed by atoms with Crippen LogP contribution in [-0.4, -0.2) is 61.8 Å². The van der Waals surface area contributed by atoms with Gasteiger partial charge >= 0.3 is 0 Å². The summed E-state index contributed by atoms with van der Waals surface area (Å²) in [6.45, 7) is 10.3. The van der Waals surface area contributed by atoms with Crippen molar-refractivity contribution in [1.82, 2.24) is 20.5 Å². The first-order valence-corrected chi connectivity index (χ1v) is 12.3. The molecular weight excluding hydrogens is 529 g/mol. The van der Waals surface area contributed by atoms with Gasteiger partial charge in [0.2, 0.25) is 0 Å². The van der Waals surface area contributed by atoms with Gasteiger partial charge in [-0.15, -0.1) is 46.7 Å². The second kappa shape index (κ2) is 14.3. The summed E-state index contributed by atoms with van der Waals surface area (Å²) < 4.78 is 5.54. The highest BCUT2D eigenvalue weighted by molar-refractivity contribution is 14.0. The first kappa shape index (κ1) is 25.5. The number of ether oxygens (including phenoxy) is 1. The number of hydrogen-bond donors (Lipinski definition) is 2. The van der Waals surface area contributed by atoms with E-state index in [1.807, 2.05) is 11.3 Å². The highest BCUT2D eigenvalue weighted by Gasteiger charge is 2.23. The van der Waals surface area contributed by atoms with Crippen molar-refractivity contribution in [3.05, 3.63) is 38.5 Å². The number of nitrogens with zero attached hydrogens (tertiary/aromatic N) is 3. The number of aryl methyl sites for hydroxylation is 2. The van der Waals surface area contributed by atoms with Crippen molar-refractivity contribution in [2.45, 2.75) is 39.2 Å². The van der Waals surface area contributed by atoms with Gasteiger partial charge in [0.15, 0.2) is 5.96 Å². The van der Waals surface area contributed by atoms with Crippen LogP contribution in [0, 0.1) is 6.92 Å². The smallest absolute Gasteiger partial charge is 0.191 e. The van der Waals surface area contributed by atoms with E-state index in [-0.39, 0.29) is 24.0 Å². The minimum absolute atomic E-state index is 0. The molecule has 2 aromatic heterocycles. The monoisotopic (exact) mass is 563 g/mol. The molecule has 0 aliphatic carbocycles. The third-order valence-corrected chi connectivity index (χ3v) is 6.90. The Morgan fingerprint density at radius 3 is 2.77 bits per heavy atom. The Labute approximate surface area is 205 Å². The third-order valence-electron chi connectivity index (χ3n) is 4.90. The molecule has 0 spiro atoms. The van der Waals surface area contributed by atoms with Crippen LogP contribution in [-0.2, 0) is 11.2 Å². The van der Waals surface area contributed by atoms with Crippen LogP contribution in [0.1, 0.15) is 41.4 Å². The van der Waals surface area contributed by atoms with Crippen LogP contribution < -0.4 is 10.6 Å². The highest BCUT2D eigenvalue weighted by atomic mass is 127. The minimum atomic E-state index is 0. The van der Waals surface area contributed by atoms with Crippen molar-refractivity contribution >= 4 is 52.6 Å². The summed E-state index contributed by atoms with van der Waals surface area (Å²) in [5, 5.41) is 12.4. The third kappa shape index (κ3) is 8.41. The molecule has 0 bridgehead atoms. The van der Waals surface area contributed by atoms with Crippen molar-refractivity contribution in [2.75, 3.05) is 45.9 Å². The summed E-state index contributed by atoms with van der Waals surface area (Å²) in [6, 6.07) is 4.67. The van der Waals surface area contributed by atoms with Crippen LogP contribution in [0.15, 0.2) is 27.9 Å². The maximum atomic E-state index is 5.54. The minimum Gasteiger partial charge on any atom is -0.379 e. The zero-order valence-electron chi connectivity index (χ0n) is 17.9. The number of thiophene rings is 1. The van der Waals surface area contributed by atoms with E-state index in [2.05, 4.69) is 57.3 Å². The van der Waals surface area contributed by atoms with Gasteiger partial charge in [-0.3, -0.25) is 9.89 Å². The summed E-state index contributed by atoms with van der Waals surface area (Å²) in [6.07, 6.45) is 3.32. The van der Waals surface area contributed by atoms with Crippen LogP contribution in [0.5, 0.6) is 0 Å². The predicted octanol–water partition coefficient (Wildman–Crippen LogP) is 4.08. The molecular formula is C21H34IN5OS2. The average Bonchev–Trinajstić information content (AvgIpc) is 3.41. The van der Waals surface area contributed by atoms with Crippen LogP contribution in [0.4, 0.5) is 0 Å². The fourth-order valence-electron chi connectivity index (χ4n) is 3.40. The Morgan fingerprint density at radius 2 is 2.10 bits per heavy atom. The fraction of sp³-hybridized carbons (Fsp3) is 0.619. The second-order valence-electron chi connectivity index (χ2n) is 7.17. The maximum absolute atomic E-state index is 5.54. The van der Waals surface area contributed by atoms with E-state index in [0.29, 0.717) is 6.04 Å². The predicted molar refractivity (Wildman–Crippen MR) is 139 cm³/mol. The zero-order chi connectivity index (χ0) is 20.3. The Bertz CT molecular complexity index is 732. The molecule has 1 fully saturated rings. The van der Waals surface area contributed by atoms with Gasteiger partial charge in [0.25, 0.3) is 0 Å². The number of thiazole rings is 1. The Hall–Kier alpha value is -0.750. The number of aliphatic imine (C=N–C) groups is 1. The van der Waals surface area contributed by atoms with Crippen molar-refractivity contribution in [3.63, 3.8) is 0 Å². The molecule has 30 heavy (non-hydrogen) atoms. The molecule has 0 amide bonds. The van der Waals surface area contributed by atoms with E-state index in [4.69, 9.17) is 9.73 Å². The molecule has 168 valence electrons. The second-order valence-corrected chi connectivity index (χ2v) is 9.09. The molecule has 0 saturated carbocycles. The molecule has 6 nitrogen and oxygen atoms in total. The van der Waals surface area contributed by atoms with Gasteiger partial charge in [-0.1, -0.05) is 6.07 Å². The Kier molecular flexibility index (Phi) is 12.2. The molecule has 0 radical (unpaired) electrons. The van der Waals surface area contributed by atoms with E-state index in [0.717, 1.165) is 76.9 Å². The van der Waals surface area contributed by atoms with Crippen LogP contribution in [0.25, 0.3) is 0 Å². The summed E-state index contributed by atoms with van der Waals surface area (Å²) in [7, 11) is 0. The highest BCUT2D eigenvalue weighted by Crippen LogP contribution is 2.26. The van der Waals surface area contributed by atoms with E-state index in [1.54, 1.807) is 11.3 Å². The van der Waals surface area contributed by atoms with Gasteiger partial charge in [-0.2, -0.15) is 0 Å². The fourth-order valence-corrected chi connectivity index (χ4v) is 5.07. The molecule has 2 N–H and O–H groups in total. The Balaban J connectivity index is 0.00000320. The molecule has 1 unspecified atom stereocenters. The topological polar surface area (TPSA) is 61.8 Å². The van der Waals surface area contributed by atoms with Gasteiger partial charge in [0.1, 0.15) is 0 Å². The SMILES string of the molecule is CCNC(=NCC(c1cccs1)N1CCOCC1)NCCCCc1nc(C)cs1.I. The quantitative estimate of drug-likeness (QED) is 0.198. The molecule has 3 heterocycles. The van der Waals surface area contributed by atoms with Gasteiger partial charge in [0, 0.05) is 42.1 Å². The first-order chi connectivity index (χ1) is 14.3. The summed E-state index contributed by atoms with van der Waals surface area (Å²) >= 11 is 3.58. The zero-order valence-corrected chi connectivity index (χ0v) is 21.9. The van der Waals surface area contributed by atoms with Crippen LogP contribution in [0.3, 0.4) is 0 Å². The van der Waals surface area contributed by atoms with Crippen molar-refractivity contribution in [2.24, 2.45) is 4.99 Å². The number of guanidine groups is 1. The normalized spacial score (nSPS) is 16.1. The summed E-state index contributed by atoms with van der Waals surface area (Å²) in [5.41, 5.74) is 1.13. The molecule has 0 aromatic carbocycles. The number of morpholine rings is 1. The lowest BCUT2D eigenvalue weighted by molar-refractivity contribution is 0.0186. The maximum Gasteiger partial charge on any atom is 0.191 e. The van der Waals surface area contributed by atoms with Gasteiger partial charge < -0.3 is 15.4 Å². The van der Waals surface area contributed by atoms with E-state index in [9.17, 15) is 0 Å². The van der Waals surface area contributed by atoms with Gasteiger partial charge in [-0.25, -0.2) is 4.98 Å². The van der Waals surface area contributed by atoms with Gasteiger partial charge in [0.05, 0.1) is 30.8 Å². The van der Waals surface area contributed by atoms with Gasteiger partial charge in [-0.05, 0) is 44.6 Å². The molecule has 1 atom stereocenters. The van der Waals surface area contributed by atoms with E-state index < -0.39 is 0 Å². The average molecular weight is 564 g/mol. The number of aromatic nitrogens is 1. The molecule has 1 aliphatic heterocycles. The largest absolute Gasteiger partial charge is 0.379 e. The Morgan fingerprint density at radius 1 is 1.27 bits per heavy atom. The van der Waals surface area contributed by atoms with Crippen molar-refractivity contribution < 1.29 is 4.74 Å². The number of nitrogens with one attached hydrogen (secondary N) is 2. The first-order valence-electron chi connectivity index (χ1n) is 10.5. The molecule has 2 aromatic rings. The molecule has 1 saturated heterocycles. The van der Waals surface area contributed by atoms with E-state index in [1.165, 1.54) is 9.88 Å². The lowest BCUT2D eigenvalue weighted by Gasteiger charge is -2.33. The van der Waals surface area contributed by atoms with Crippen LogP contribution >= 0.6 is 46.7 Å². The molecule has 3 rings (SSSR count). The van der Waals surface area contributed by atoms with E-state index >= 15 is 0 Å². The lowest BCUT2D eigenvalue weighted by atomic mass is 10.2.